The van der Waals surface area contributed by atoms with Crippen LogP contribution >= 0.6 is 0 Å². The zero-order chi connectivity index (χ0) is 15.5. The van der Waals surface area contributed by atoms with E-state index in [1.165, 1.54) is 5.56 Å². The Morgan fingerprint density at radius 2 is 1.80 bits per heavy atom. The topological polar surface area (TPSA) is 66.2 Å². The van der Waals surface area contributed by atoms with Crippen LogP contribution in [-0.2, 0) is 19.4 Å². The highest BCUT2D eigenvalue weighted by Gasteiger charge is 1.99. The van der Waals surface area contributed by atoms with E-state index in [-0.39, 0.29) is 0 Å². The highest BCUT2D eigenvalue weighted by Crippen LogP contribution is 2.05. The summed E-state index contributed by atoms with van der Waals surface area (Å²) in [6, 6.07) is 0. The first-order chi connectivity index (χ1) is 9.49. The Labute approximate surface area is 131 Å². The summed E-state index contributed by atoms with van der Waals surface area (Å²) in [4.78, 5) is 1.73. The summed E-state index contributed by atoms with van der Waals surface area (Å²) in [5.74, 6) is 0. The van der Waals surface area contributed by atoms with Gasteiger partial charge < -0.3 is 12.3 Å². The Morgan fingerprint density at radius 3 is 2.25 bits per heavy atom. The number of rotatable bonds is 5. The molecule has 0 aliphatic carbocycles. The Bertz CT molecular complexity index is 452. The molecule has 0 aliphatic rings. The van der Waals surface area contributed by atoms with Crippen LogP contribution in [0.25, 0.3) is 6.20 Å². The van der Waals surface area contributed by atoms with E-state index >= 15 is 0 Å². The third kappa shape index (κ3) is 6.64. The van der Waals surface area contributed by atoms with Gasteiger partial charge in [0.25, 0.3) is 20.0 Å². The van der Waals surface area contributed by atoms with Crippen LogP contribution in [0, 0.1) is 20.8 Å². The molecule has 1 aromatic heterocycles. The van der Waals surface area contributed by atoms with Gasteiger partial charge in [-0.05, 0) is 26.3 Å². The second kappa shape index (κ2) is 11.0. The van der Waals surface area contributed by atoms with Gasteiger partial charge in [0.1, 0.15) is 21.0 Å². The molecule has 0 aliphatic heterocycles. The first-order valence-electron chi connectivity index (χ1n) is 6.18. The average molecular weight is 351 g/mol. The highest BCUT2D eigenvalue weighted by atomic mass is 28.4. The van der Waals surface area contributed by atoms with Gasteiger partial charge in [0.15, 0.2) is 0 Å². The molecule has 11 heteroatoms. The average Bonchev–Trinajstić information content (AvgIpc) is 2.54. The molecule has 20 heavy (non-hydrogen) atoms. The standard InChI is InChI=1S/C9H16N4.H10O3Si4/c1-6-13-11-10-8(3)7(2)9(4)12(13)5;4-1-6-3-7-2-5/h6,11H,1H2,2-5H3;6-7H2,4-5H3. The molecule has 0 bridgehead atoms. The molecular formula is C9H26N4O3Si4. The van der Waals surface area contributed by atoms with E-state index in [1.54, 1.807) is 11.0 Å². The van der Waals surface area contributed by atoms with E-state index in [0.717, 1.165) is 32.4 Å². The van der Waals surface area contributed by atoms with Crippen molar-refractivity contribution in [1.82, 2.24) is 19.8 Å². The van der Waals surface area contributed by atoms with Crippen molar-refractivity contribution < 1.29 is 12.3 Å². The Balaban J connectivity index is 0.000000441. The smallest absolute Gasteiger partial charge is 0.284 e. The van der Waals surface area contributed by atoms with Crippen molar-refractivity contribution in [2.24, 2.45) is 7.05 Å². The molecular weight excluding hydrogens is 324 g/mol. The third-order valence-electron chi connectivity index (χ3n) is 2.79. The molecule has 1 rings (SSSR count). The normalized spacial score (nSPS) is 11.2. The Morgan fingerprint density at radius 1 is 1.25 bits per heavy atom. The lowest BCUT2D eigenvalue weighted by Gasteiger charge is -2.07. The minimum atomic E-state index is -0.569. The van der Waals surface area contributed by atoms with Gasteiger partial charge in [-0.25, -0.2) is 0 Å². The van der Waals surface area contributed by atoms with Crippen LogP contribution in [0.15, 0.2) is 6.58 Å². The quantitative estimate of drug-likeness (QED) is 0.463. The molecule has 1 N–H and O–H groups in total. The summed E-state index contributed by atoms with van der Waals surface area (Å²) in [6.45, 7) is 9.78. The van der Waals surface area contributed by atoms with Crippen LogP contribution in [0.5, 0.6) is 0 Å². The van der Waals surface area contributed by atoms with E-state index in [2.05, 4.69) is 30.7 Å². The molecule has 7 nitrogen and oxygen atoms in total. The van der Waals surface area contributed by atoms with Crippen molar-refractivity contribution in [2.75, 3.05) is 0 Å². The number of nitrogens with zero attached hydrogens (tertiary/aromatic N) is 3. The van der Waals surface area contributed by atoms with Gasteiger partial charge in [-0.2, -0.15) is 15.1 Å². The number of H-pyrrole nitrogens is 1. The van der Waals surface area contributed by atoms with E-state index in [4.69, 9.17) is 12.3 Å². The van der Waals surface area contributed by atoms with Gasteiger partial charge in [0, 0.05) is 18.9 Å². The number of aryl methyl sites for hydroxylation is 1. The van der Waals surface area contributed by atoms with Crippen molar-refractivity contribution in [3.05, 3.63) is 23.5 Å². The molecule has 116 valence electrons. The van der Waals surface area contributed by atoms with Crippen LogP contribution < -0.4 is 0 Å². The van der Waals surface area contributed by atoms with Crippen molar-refractivity contribution in [1.29, 1.82) is 0 Å². The van der Waals surface area contributed by atoms with Crippen molar-refractivity contribution >= 4 is 47.2 Å². The number of aromatic nitrogens is 4. The van der Waals surface area contributed by atoms with E-state index in [1.807, 2.05) is 18.7 Å². The van der Waals surface area contributed by atoms with Gasteiger partial charge in [-0.15, -0.1) is 0 Å². The molecule has 0 radical (unpaired) electrons. The van der Waals surface area contributed by atoms with Crippen LogP contribution in [0.1, 0.15) is 17.0 Å². The molecule has 1 aromatic rings. The molecule has 0 fully saturated rings. The van der Waals surface area contributed by atoms with E-state index in [0.29, 0.717) is 0 Å². The Hall–Kier alpha value is -0.702. The zero-order valence-corrected chi connectivity index (χ0v) is 20.1. The molecule has 0 atom stereocenters. The Kier molecular flexibility index (Phi) is 10.6. The highest BCUT2D eigenvalue weighted by molar-refractivity contribution is 6.40. The van der Waals surface area contributed by atoms with Crippen LogP contribution in [0.2, 0.25) is 0 Å². The lowest BCUT2D eigenvalue weighted by Crippen LogP contribution is -2.10. The summed E-state index contributed by atoms with van der Waals surface area (Å²) in [6.07, 6.45) is 1.68. The summed E-state index contributed by atoms with van der Waals surface area (Å²) in [5, 5.41) is 7.06. The number of hydrogen-bond donors (Lipinski definition) is 1. The first kappa shape index (κ1) is 19.3. The molecule has 0 saturated carbocycles. The molecule has 0 saturated heterocycles. The van der Waals surface area contributed by atoms with Gasteiger partial charge in [0.2, 0.25) is 0 Å². The van der Waals surface area contributed by atoms with E-state index in [9.17, 15) is 0 Å². The largest absolute Gasteiger partial charge is 0.449 e. The molecule has 0 amide bonds. The van der Waals surface area contributed by atoms with Gasteiger partial charge in [0.05, 0.1) is 5.69 Å². The fourth-order valence-electron chi connectivity index (χ4n) is 1.31. The predicted octanol–water partition coefficient (Wildman–Crippen LogP) is -2.71. The monoisotopic (exact) mass is 350 g/mol. The number of aromatic amines is 1. The summed E-state index contributed by atoms with van der Waals surface area (Å²) < 4.78 is 16.7. The molecule has 0 unspecified atom stereocenters. The van der Waals surface area contributed by atoms with Crippen molar-refractivity contribution in [3.63, 3.8) is 0 Å². The van der Waals surface area contributed by atoms with Crippen LogP contribution in [0.4, 0.5) is 0 Å². The van der Waals surface area contributed by atoms with Gasteiger partial charge in [-0.3, -0.25) is 4.68 Å². The van der Waals surface area contributed by atoms with Crippen LogP contribution in [-0.4, -0.2) is 60.8 Å². The second-order valence-corrected chi connectivity index (χ2v) is 10.8. The maximum Gasteiger partial charge on any atom is 0.284 e. The fourth-order valence-corrected chi connectivity index (χ4v) is 5.91. The molecule has 1 heterocycles. The zero-order valence-electron chi connectivity index (χ0n) is 13.3. The maximum atomic E-state index is 5.03. The fraction of sp³-hybridized carbons (Fsp3) is 0.444. The summed E-state index contributed by atoms with van der Waals surface area (Å²) in [5.41, 5.74) is 3.33. The summed E-state index contributed by atoms with van der Waals surface area (Å²) >= 11 is 0. The lowest BCUT2D eigenvalue weighted by molar-refractivity contribution is 0.443. The SMILES string of the molecule is C=Cn1[nH]nc(C)c(C)c(C)n1C.[SiH3]O[SiH2]O[SiH2]O[SiH3]. The third-order valence-corrected chi connectivity index (χ3v) is 6.01. The molecule has 0 spiro atoms. The van der Waals surface area contributed by atoms with E-state index < -0.39 is 20.0 Å². The minimum Gasteiger partial charge on any atom is -0.449 e. The van der Waals surface area contributed by atoms with Crippen molar-refractivity contribution in [3.8, 4) is 0 Å². The first-order valence-corrected chi connectivity index (χ1v) is 10.1. The minimum absolute atomic E-state index is 0.569. The number of nitrogens with one attached hydrogen (secondary N) is 1. The number of hydrogen-bond acceptors (Lipinski definition) is 4. The predicted molar refractivity (Wildman–Crippen MR) is 94.0 cm³/mol. The second-order valence-electron chi connectivity index (χ2n) is 4.08. The molecule has 0 aromatic carbocycles. The van der Waals surface area contributed by atoms with Crippen molar-refractivity contribution in [2.45, 2.75) is 20.8 Å². The van der Waals surface area contributed by atoms with Gasteiger partial charge >= 0.3 is 0 Å². The lowest BCUT2D eigenvalue weighted by atomic mass is 10.2. The summed E-state index contributed by atoms with van der Waals surface area (Å²) in [7, 11) is 2.46. The maximum absolute atomic E-state index is 5.03. The van der Waals surface area contributed by atoms with Crippen LogP contribution in [0.3, 0.4) is 0 Å². The van der Waals surface area contributed by atoms with Gasteiger partial charge in [-0.1, -0.05) is 6.58 Å².